The largest absolute Gasteiger partial charge is 0.338 e. The summed E-state index contributed by atoms with van der Waals surface area (Å²) in [6, 6.07) is 5.91. The van der Waals surface area contributed by atoms with Crippen LogP contribution in [0.2, 0.25) is 5.02 Å². The molecule has 2 rings (SSSR count). The van der Waals surface area contributed by atoms with Crippen molar-refractivity contribution in [2.24, 2.45) is 0 Å². The highest BCUT2D eigenvalue weighted by Crippen LogP contribution is 2.23. The molecule has 0 aromatic heterocycles. The number of halogens is 2. The van der Waals surface area contributed by atoms with Gasteiger partial charge in [-0.05, 0) is 38.1 Å². The third-order valence-corrected chi connectivity index (χ3v) is 4.16. The van der Waals surface area contributed by atoms with Crippen LogP contribution in [0.4, 0.5) is 0 Å². The first kappa shape index (κ1) is 13.8. The summed E-state index contributed by atoms with van der Waals surface area (Å²) in [7, 11) is 1.97. The fraction of sp³-hybridized carbons (Fsp3) is 0.462. The summed E-state index contributed by atoms with van der Waals surface area (Å²) in [5.74, 6) is 0.0297. The molecule has 5 heteroatoms. The molecule has 0 bridgehead atoms. The van der Waals surface area contributed by atoms with Crippen LogP contribution in [0, 0.1) is 0 Å². The molecule has 0 unspecified atom stereocenters. The van der Waals surface area contributed by atoms with Gasteiger partial charge in [-0.1, -0.05) is 27.5 Å². The normalized spacial score (nSPS) is 16.9. The van der Waals surface area contributed by atoms with Crippen LogP contribution in [0.3, 0.4) is 0 Å². The van der Waals surface area contributed by atoms with Crippen molar-refractivity contribution in [1.82, 2.24) is 10.2 Å². The Morgan fingerprint density at radius 2 is 2.11 bits per heavy atom. The van der Waals surface area contributed by atoms with E-state index < -0.39 is 0 Å². The van der Waals surface area contributed by atoms with Gasteiger partial charge in [-0.15, -0.1) is 0 Å². The van der Waals surface area contributed by atoms with Gasteiger partial charge < -0.3 is 10.2 Å². The third kappa shape index (κ3) is 3.05. The smallest absolute Gasteiger partial charge is 0.255 e. The number of likely N-dealkylation sites (tertiary alicyclic amines) is 1. The Hall–Kier alpha value is -0.580. The number of benzene rings is 1. The summed E-state index contributed by atoms with van der Waals surface area (Å²) in [6.45, 7) is 1.58. The highest BCUT2D eigenvalue weighted by Gasteiger charge is 2.23. The van der Waals surface area contributed by atoms with Gasteiger partial charge in [0.15, 0.2) is 0 Å². The summed E-state index contributed by atoms with van der Waals surface area (Å²) in [4.78, 5) is 14.2. The summed E-state index contributed by atoms with van der Waals surface area (Å²) >= 11 is 9.45. The molecular formula is C13H16BrClN2O. The zero-order valence-electron chi connectivity index (χ0n) is 10.2. The summed E-state index contributed by atoms with van der Waals surface area (Å²) in [5.41, 5.74) is 0.586. The first-order valence-electron chi connectivity index (χ1n) is 6.03. The maximum Gasteiger partial charge on any atom is 0.255 e. The molecule has 1 aliphatic rings. The molecule has 0 aliphatic carbocycles. The lowest BCUT2D eigenvalue weighted by molar-refractivity contribution is 0.0707. The molecule has 18 heavy (non-hydrogen) atoms. The fourth-order valence-corrected chi connectivity index (χ4v) is 2.96. The Morgan fingerprint density at radius 3 is 2.67 bits per heavy atom. The minimum absolute atomic E-state index is 0.0297. The lowest BCUT2D eigenvalue weighted by atomic mass is 10.0. The molecule has 1 aromatic rings. The molecule has 1 fully saturated rings. The average molecular weight is 332 g/mol. The van der Waals surface area contributed by atoms with Crippen molar-refractivity contribution in [2.45, 2.75) is 18.9 Å². The molecule has 1 amide bonds. The fourth-order valence-electron chi connectivity index (χ4n) is 2.20. The van der Waals surface area contributed by atoms with E-state index in [1.807, 2.05) is 18.0 Å². The van der Waals surface area contributed by atoms with Crippen LogP contribution < -0.4 is 5.32 Å². The molecule has 1 N–H and O–H groups in total. The SMILES string of the molecule is CNC1CCN(C(=O)c2ccc(Br)cc2Cl)CC1. The van der Waals surface area contributed by atoms with Gasteiger partial charge in [-0.3, -0.25) is 4.79 Å². The van der Waals surface area contributed by atoms with Crippen LogP contribution in [0.15, 0.2) is 22.7 Å². The van der Waals surface area contributed by atoms with Crippen LogP contribution in [0.25, 0.3) is 0 Å². The van der Waals surface area contributed by atoms with E-state index in [-0.39, 0.29) is 5.91 Å². The van der Waals surface area contributed by atoms with Gasteiger partial charge in [-0.25, -0.2) is 0 Å². The van der Waals surface area contributed by atoms with Crippen molar-refractivity contribution in [2.75, 3.05) is 20.1 Å². The summed E-state index contributed by atoms with van der Waals surface area (Å²) in [5, 5.41) is 3.76. The first-order chi connectivity index (χ1) is 8.61. The maximum atomic E-state index is 12.3. The second-order valence-corrected chi connectivity index (χ2v) is 5.80. The Bertz CT molecular complexity index is 445. The van der Waals surface area contributed by atoms with Gasteiger partial charge in [0.1, 0.15) is 0 Å². The molecule has 1 heterocycles. The summed E-state index contributed by atoms with van der Waals surface area (Å²) < 4.78 is 0.887. The van der Waals surface area contributed by atoms with Crippen molar-refractivity contribution in [3.8, 4) is 0 Å². The first-order valence-corrected chi connectivity index (χ1v) is 7.20. The average Bonchev–Trinajstić information content (AvgIpc) is 2.38. The molecule has 1 aromatic carbocycles. The lowest BCUT2D eigenvalue weighted by Gasteiger charge is -2.32. The number of rotatable bonds is 2. The number of nitrogens with zero attached hydrogens (tertiary/aromatic N) is 1. The Balaban J connectivity index is 2.08. The molecule has 1 saturated heterocycles. The van der Waals surface area contributed by atoms with Crippen LogP contribution in [-0.2, 0) is 0 Å². The van der Waals surface area contributed by atoms with Crippen molar-refractivity contribution in [3.63, 3.8) is 0 Å². The van der Waals surface area contributed by atoms with Gasteiger partial charge in [0, 0.05) is 23.6 Å². The van der Waals surface area contributed by atoms with Crippen LogP contribution >= 0.6 is 27.5 Å². The van der Waals surface area contributed by atoms with Gasteiger partial charge in [0.05, 0.1) is 10.6 Å². The zero-order chi connectivity index (χ0) is 13.1. The van der Waals surface area contributed by atoms with Crippen molar-refractivity contribution < 1.29 is 4.79 Å². The van der Waals surface area contributed by atoms with E-state index in [1.165, 1.54) is 0 Å². The molecule has 1 aliphatic heterocycles. The van der Waals surface area contributed by atoms with E-state index in [0.29, 0.717) is 16.6 Å². The van der Waals surface area contributed by atoms with Crippen molar-refractivity contribution in [3.05, 3.63) is 33.3 Å². The molecule has 0 atom stereocenters. The maximum absolute atomic E-state index is 12.3. The predicted molar refractivity (Wildman–Crippen MR) is 77.1 cm³/mol. The number of piperidine rings is 1. The van der Waals surface area contributed by atoms with Gasteiger partial charge >= 0.3 is 0 Å². The number of hydrogen-bond acceptors (Lipinski definition) is 2. The predicted octanol–water partition coefficient (Wildman–Crippen LogP) is 2.93. The number of carbonyl (C=O) groups is 1. The molecule has 98 valence electrons. The lowest BCUT2D eigenvalue weighted by Crippen LogP contribution is -2.44. The number of hydrogen-bond donors (Lipinski definition) is 1. The van der Waals surface area contributed by atoms with Crippen LogP contribution in [-0.4, -0.2) is 37.0 Å². The minimum Gasteiger partial charge on any atom is -0.338 e. The van der Waals surface area contributed by atoms with E-state index in [0.717, 1.165) is 30.4 Å². The van der Waals surface area contributed by atoms with Crippen molar-refractivity contribution >= 4 is 33.4 Å². The number of carbonyl (C=O) groups excluding carboxylic acids is 1. The van der Waals surface area contributed by atoms with E-state index in [4.69, 9.17) is 11.6 Å². The topological polar surface area (TPSA) is 32.3 Å². The second-order valence-electron chi connectivity index (χ2n) is 4.48. The Labute approximate surface area is 121 Å². The van der Waals surface area contributed by atoms with Gasteiger partial charge in [0.25, 0.3) is 5.91 Å². The van der Waals surface area contributed by atoms with Crippen LogP contribution in [0.1, 0.15) is 23.2 Å². The van der Waals surface area contributed by atoms with E-state index in [9.17, 15) is 4.79 Å². The zero-order valence-corrected chi connectivity index (χ0v) is 12.6. The molecule has 0 saturated carbocycles. The van der Waals surface area contributed by atoms with Gasteiger partial charge in [-0.2, -0.15) is 0 Å². The van der Waals surface area contributed by atoms with Crippen molar-refractivity contribution in [1.29, 1.82) is 0 Å². The Kier molecular flexibility index (Phi) is 4.65. The summed E-state index contributed by atoms with van der Waals surface area (Å²) in [6.07, 6.45) is 1.99. The molecular weight excluding hydrogens is 316 g/mol. The molecule has 0 spiro atoms. The quantitative estimate of drug-likeness (QED) is 0.904. The monoisotopic (exact) mass is 330 g/mol. The highest BCUT2D eigenvalue weighted by molar-refractivity contribution is 9.10. The molecule has 3 nitrogen and oxygen atoms in total. The standard InChI is InChI=1S/C13H16BrClN2O/c1-16-10-4-6-17(7-5-10)13(18)11-3-2-9(14)8-12(11)15/h2-3,8,10,16H,4-7H2,1H3. The third-order valence-electron chi connectivity index (χ3n) is 3.35. The Morgan fingerprint density at radius 1 is 1.44 bits per heavy atom. The number of nitrogens with one attached hydrogen (secondary N) is 1. The minimum atomic E-state index is 0.0297. The second kappa shape index (κ2) is 6.04. The van der Waals surface area contributed by atoms with Crippen LogP contribution in [0.5, 0.6) is 0 Å². The van der Waals surface area contributed by atoms with E-state index >= 15 is 0 Å². The number of amides is 1. The van der Waals surface area contributed by atoms with Gasteiger partial charge in [0.2, 0.25) is 0 Å². The molecule has 0 radical (unpaired) electrons. The van der Waals surface area contributed by atoms with E-state index in [2.05, 4.69) is 21.2 Å². The van der Waals surface area contributed by atoms with E-state index in [1.54, 1.807) is 12.1 Å². The highest BCUT2D eigenvalue weighted by atomic mass is 79.9.